The maximum atomic E-state index is 14.8. The first-order valence-corrected chi connectivity index (χ1v) is 13.7. The summed E-state index contributed by atoms with van der Waals surface area (Å²) < 4.78 is 35.4. The number of carbonyl (C=O) groups excluding carboxylic acids is 1. The average Bonchev–Trinajstić information content (AvgIpc) is 3.42. The quantitative estimate of drug-likeness (QED) is 0.513. The minimum absolute atomic E-state index is 0.0269. The van der Waals surface area contributed by atoms with E-state index in [9.17, 15) is 13.6 Å². The van der Waals surface area contributed by atoms with Gasteiger partial charge >= 0.3 is 0 Å². The molecule has 1 spiro atoms. The molecule has 6 nitrogen and oxygen atoms in total. The Morgan fingerprint density at radius 2 is 1.92 bits per heavy atom. The summed E-state index contributed by atoms with van der Waals surface area (Å²) in [6.07, 6.45) is 6.15. The molecule has 0 radical (unpaired) electrons. The Morgan fingerprint density at radius 1 is 1.19 bits per heavy atom. The van der Waals surface area contributed by atoms with E-state index in [2.05, 4.69) is 16.8 Å². The van der Waals surface area contributed by atoms with Crippen LogP contribution >= 0.6 is 0 Å². The maximum Gasteiger partial charge on any atom is 0.293 e. The van der Waals surface area contributed by atoms with Crippen LogP contribution in [0, 0.1) is 18.3 Å². The Morgan fingerprint density at radius 3 is 2.57 bits per heavy atom. The van der Waals surface area contributed by atoms with Gasteiger partial charge in [-0.3, -0.25) is 9.78 Å². The molecule has 0 N–H and O–H groups in total. The van der Waals surface area contributed by atoms with Crippen LogP contribution in [0.3, 0.4) is 0 Å². The van der Waals surface area contributed by atoms with E-state index in [0.717, 1.165) is 62.8 Å². The van der Waals surface area contributed by atoms with Gasteiger partial charge in [-0.15, -0.1) is 0 Å². The van der Waals surface area contributed by atoms with Gasteiger partial charge in [0.25, 0.3) is 5.92 Å². The van der Waals surface area contributed by atoms with Crippen molar-refractivity contribution < 1.29 is 18.3 Å². The lowest BCUT2D eigenvalue weighted by Gasteiger charge is -2.42. The molecule has 5 rings (SSSR count). The molecule has 0 unspecified atom stereocenters. The molecule has 202 valence electrons. The van der Waals surface area contributed by atoms with Crippen molar-refractivity contribution in [2.45, 2.75) is 72.6 Å². The number of carbonyl (C=O) groups is 1. The zero-order valence-corrected chi connectivity index (χ0v) is 22.8. The first-order valence-electron chi connectivity index (χ1n) is 13.7. The van der Waals surface area contributed by atoms with Crippen LogP contribution in [0.15, 0.2) is 24.4 Å². The summed E-state index contributed by atoms with van der Waals surface area (Å²) in [5.74, 6) is -1.88. The Hall–Kier alpha value is -2.61. The Balaban J connectivity index is 0.00000156. The van der Waals surface area contributed by atoms with Crippen LogP contribution in [0.4, 0.5) is 20.3 Å². The number of ether oxygens (including phenoxy) is 1. The van der Waals surface area contributed by atoms with E-state index in [0.29, 0.717) is 35.4 Å². The Kier molecular flexibility index (Phi) is 8.17. The predicted octanol–water partition coefficient (Wildman–Crippen LogP) is 5.70. The van der Waals surface area contributed by atoms with Crippen molar-refractivity contribution in [1.82, 2.24) is 9.97 Å². The number of alkyl halides is 2. The highest BCUT2D eigenvalue weighted by Gasteiger charge is 2.47. The van der Waals surface area contributed by atoms with Crippen molar-refractivity contribution in [1.29, 1.82) is 0 Å². The van der Waals surface area contributed by atoms with Crippen molar-refractivity contribution in [3.63, 3.8) is 0 Å². The van der Waals surface area contributed by atoms with Gasteiger partial charge in [-0.1, -0.05) is 39.3 Å². The fourth-order valence-electron chi connectivity index (χ4n) is 6.21. The summed E-state index contributed by atoms with van der Waals surface area (Å²) in [4.78, 5) is 24.8. The number of hydrogen-bond donors (Lipinski definition) is 0. The molecule has 1 aromatic carbocycles. The predicted molar refractivity (Wildman–Crippen MR) is 142 cm³/mol. The number of amides is 1. The second-order valence-corrected chi connectivity index (χ2v) is 10.4. The number of aryl methyl sites for hydroxylation is 3. The van der Waals surface area contributed by atoms with Gasteiger partial charge in [0, 0.05) is 31.0 Å². The highest BCUT2D eigenvalue weighted by atomic mass is 19.3. The standard InChI is InChI=1S/C27H34F2N4O2.C2H6/c1-4-21-15-35-17-26(21)10-12-32(13-11-26)24-14-30-22(18(2)31-24)9-8-20-6-5-7-23-25(20)27(28,29)16-33(23)19(3)34;1-2/h5-7,14,21H,4,8-13,15-17H2,1-3H3;1-2H3/t21-;/m1./s1. The number of fused-ring (bicyclic) bond motifs is 1. The van der Waals surface area contributed by atoms with E-state index in [-0.39, 0.29) is 11.5 Å². The third-order valence-electron chi connectivity index (χ3n) is 8.34. The van der Waals surface area contributed by atoms with Gasteiger partial charge in [0.1, 0.15) is 5.82 Å². The van der Waals surface area contributed by atoms with Crippen LogP contribution < -0.4 is 9.80 Å². The Labute approximate surface area is 219 Å². The van der Waals surface area contributed by atoms with Gasteiger partial charge in [-0.2, -0.15) is 8.78 Å². The molecule has 3 aliphatic rings. The molecule has 2 fully saturated rings. The zero-order chi connectivity index (χ0) is 26.8. The van der Waals surface area contributed by atoms with Crippen LogP contribution in [0.2, 0.25) is 0 Å². The van der Waals surface area contributed by atoms with Crippen LogP contribution in [0.1, 0.15) is 69.5 Å². The van der Waals surface area contributed by atoms with E-state index in [1.165, 1.54) is 11.8 Å². The minimum atomic E-state index is -3.05. The molecule has 2 aromatic rings. The van der Waals surface area contributed by atoms with Gasteiger partial charge in [0.05, 0.1) is 43.0 Å². The highest BCUT2D eigenvalue weighted by Crippen LogP contribution is 2.46. The van der Waals surface area contributed by atoms with Crippen LogP contribution in [-0.4, -0.2) is 48.7 Å². The summed E-state index contributed by atoms with van der Waals surface area (Å²) in [5, 5.41) is 0. The monoisotopic (exact) mass is 514 g/mol. The summed E-state index contributed by atoms with van der Waals surface area (Å²) in [5.41, 5.74) is 2.82. The van der Waals surface area contributed by atoms with Crippen LogP contribution in [-0.2, 0) is 28.3 Å². The van der Waals surface area contributed by atoms with Crippen molar-refractivity contribution >= 4 is 17.4 Å². The van der Waals surface area contributed by atoms with E-state index in [1.807, 2.05) is 27.0 Å². The molecule has 3 aliphatic heterocycles. The van der Waals surface area contributed by atoms with Gasteiger partial charge in [-0.05, 0) is 50.2 Å². The highest BCUT2D eigenvalue weighted by molar-refractivity contribution is 5.94. The SMILES string of the molecule is CC.CC[C@@H]1COCC12CCN(c1cnc(CCc3cccc4c3C(F)(F)CN4C(C)=O)c(C)n1)CC2. The zero-order valence-electron chi connectivity index (χ0n) is 22.8. The van der Waals surface area contributed by atoms with Gasteiger partial charge in [0.2, 0.25) is 5.91 Å². The van der Waals surface area contributed by atoms with Gasteiger partial charge < -0.3 is 14.5 Å². The maximum absolute atomic E-state index is 14.8. The lowest BCUT2D eigenvalue weighted by atomic mass is 9.70. The molecule has 8 heteroatoms. The van der Waals surface area contributed by atoms with Crippen molar-refractivity contribution in [3.8, 4) is 0 Å². The van der Waals surface area contributed by atoms with Crippen LogP contribution in [0.25, 0.3) is 0 Å². The van der Waals surface area contributed by atoms with Crippen LogP contribution in [0.5, 0.6) is 0 Å². The lowest BCUT2D eigenvalue weighted by molar-refractivity contribution is -0.117. The lowest BCUT2D eigenvalue weighted by Crippen LogP contribution is -2.44. The van der Waals surface area contributed by atoms with E-state index in [4.69, 9.17) is 9.72 Å². The molecule has 1 amide bonds. The molecule has 0 saturated carbocycles. The fourth-order valence-corrected chi connectivity index (χ4v) is 6.21. The van der Waals surface area contributed by atoms with Crippen molar-refractivity contribution in [2.75, 3.05) is 42.6 Å². The smallest absolute Gasteiger partial charge is 0.293 e. The largest absolute Gasteiger partial charge is 0.381 e. The third-order valence-corrected chi connectivity index (χ3v) is 8.34. The van der Waals surface area contributed by atoms with E-state index >= 15 is 0 Å². The third kappa shape index (κ3) is 5.22. The van der Waals surface area contributed by atoms with Crippen molar-refractivity contribution in [2.24, 2.45) is 11.3 Å². The number of benzene rings is 1. The van der Waals surface area contributed by atoms with Crippen molar-refractivity contribution in [3.05, 3.63) is 46.9 Å². The van der Waals surface area contributed by atoms with Gasteiger partial charge in [-0.25, -0.2) is 4.98 Å². The summed E-state index contributed by atoms with van der Waals surface area (Å²) in [7, 11) is 0. The number of rotatable bonds is 5. The normalized spacial score (nSPS) is 21.5. The number of aromatic nitrogens is 2. The average molecular weight is 515 g/mol. The number of anilines is 2. The minimum Gasteiger partial charge on any atom is -0.381 e. The molecule has 0 aliphatic carbocycles. The molecule has 1 aromatic heterocycles. The van der Waals surface area contributed by atoms with E-state index in [1.54, 1.807) is 18.2 Å². The number of hydrogen-bond acceptors (Lipinski definition) is 5. The molecule has 37 heavy (non-hydrogen) atoms. The number of nitrogens with zero attached hydrogens (tertiary/aromatic N) is 4. The summed E-state index contributed by atoms with van der Waals surface area (Å²) in [6.45, 7) is 12.6. The molecular formula is C29H40F2N4O2. The first-order chi connectivity index (χ1) is 17.7. The molecule has 4 heterocycles. The van der Waals surface area contributed by atoms with Gasteiger partial charge in [0.15, 0.2) is 0 Å². The molecule has 0 bridgehead atoms. The Bertz CT molecular complexity index is 1120. The fraction of sp³-hybridized carbons (Fsp3) is 0.621. The molecule has 2 saturated heterocycles. The number of halogens is 2. The molecule has 1 atom stereocenters. The topological polar surface area (TPSA) is 58.6 Å². The second-order valence-electron chi connectivity index (χ2n) is 10.4. The second kappa shape index (κ2) is 11.0. The van der Waals surface area contributed by atoms with E-state index < -0.39 is 12.5 Å². The number of piperidine rings is 1. The summed E-state index contributed by atoms with van der Waals surface area (Å²) in [6, 6.07) is 5.08. The summed E-state index contributed by atoms with van der Waals surface area (Å²) >= 11 is 0. The molecular weight excluding hydrogens is 474 g/mol. The first kappa shape index (κ1) is 27.4.